The third-order valence-electron chi connectivity index (χ3n) is 7.86. The van der Waals surface area contributed by atoms with E-state index >= 15 is 0 Å². The van der Waals surface area contributed by atoms with E-state index in [1.54, 1.807) is 13.3 Å². The maximum absolute atomic E-state index is 12.5. The van der Waals surface area contributed by atoms with Crippen LogP contribution in [0.1, 0.15) is 49.3 Å². The fourth-order valence-corrected chi connectivity index (χ4v) is 5.50. The van der Waals surface area contributed by atoms with Gasteiger partial charge < -0.3 is 24.7 Å². The van der Waals surface area contributed by atoms with Crippen molar-refractivity contribution < 1.29 is 19.7 Å². The number of likely N-dealkylation sites (tertiary alicyclic amines) is 1. The van der Waals surface area contributed by atoms with Crippen molar-refractivity contribution >= 4 is 22.6 Å². The van der Waals surface area contributed by atoms with Gasteiger partial charge in [0.2, 0.25) is 0 Å². The average Bonchev–Trinajstić information content (AvgIpc) is 2.91. The number of anilines is 1. The number of aliphatic hydroxyl groups is 1. The second-order valence-electron chi connectivity index (χ2n) is 10.4. The highest BCUT2D eigenvalue weighted by Gasteiger charge is 2.41. The summed E-state index contributed by atoms with van der Waals surface area (Å²) in [6.45, 7) is 2.52. The molecule has 0 radical (unpaired) electrons. The molecular weight excluding hydrogens is 466 g/mol. The molecular formula is C30H39N3O4. The molecule has 7 nitrogen and oxygen atoms in total. The Morgan fingerprint density at radius 1 is 1.16 bits per heavy atom. The number of aliphatic hydroxyl groups excluding tert-OH is 1. The minimum atomic E-state index is -0.810. The molecule has 4 rings (SSSR count). The van der Waals surface area contributed by atoms with Crippen LogP contribution in [0.3, 0.4) is 0 Å². The van der Waals surface area contributed by atoms with Crippen LogP contribution in [0.25, 0.3) is 10.9 Å². The van der Waals surface area contributed by atoms with Crippen LogP contribution in [-0.4, -0.2) is 66.9 Å². The van der Waals surface area contributed by atoms with Crippen LogP contribution in [0, 0.1) is 5.41 Å². The molecule has 2 aromatic carbocycles. The third kappa shape index (κ3) is 6.22. The number of aryl methyl sites for hydroxylation is 1. The van der Waals surface area contributed by atoms with E-state index in [9.17, 15) is 15.0 Å². The van der Waals surface area contributed by atoms with Gasteiger partial charge in [0.25, 0.3) is 0 Å². The van der Waals surface area contributed by atoms with E-state index in [0.717, 1.165) is 54.6 Å². The molecule has 1 saturated heterocycles. The molecule has 0 aliphatic carbocycles. The molecule has 1 aromatic heterocycles. The number of hydrogen-bond donors (Lipinski definition) is 2. The monoisotopic (exact) mass is 505 g/mol. The molecule has 1 atom stereocenters. The number of ether oxygens (including phenoxy) is 1. The van der Waals surface area contributed by atoms with Crippen molar-refractivity contribution in [3.63, 3.8) is 0 Å². The number of piperidine rings is 1. The molecule has 3 aromatic rings. The molecule has 37 heavy (non-hydrogen) atoms. The van der Waals surface area contributed by atoms with Crippen LogP contribution in [0.4, 0.5) is 5.69 Å². The number of aliphatic carboxylic acids is 1. The molecule has 0 amide bonds. The SMILES string of the molecule is COc1ccc2ncc(N(C)C)c(C(O)CCC3(C(=O)O)CCN(CCCc4ccccc4)CC3)c2c1. The zero-order chi connectivity index (χ0) is 26.4. The molecule has 2 heterocycles. The van der Waals surface area contributed by atoms with E-state index < -0.39 is 17.5 Å². The molecule has 7 heteroatoms. The first-order valence-corrected chi connectivity index (χ1v) is 13.1. The maximum Gasteiger partial charge on any atom is 0.309 e. The Morgan fingerprint density at radius 2 is 1.89 bits per heavy atom. The highest BCUT2D eigenvalue weighted by molar-refractivity contribution is 5.88. The average molecular weight is 506 g/mol. The number of carboxylic acid groups (broad SMARTS) is 1. The summed E-state index contributed by atoms with van der Waals surface area (Å²) in [6.07, 6.45) is 5.07. The van der Waals surface area contributed by atoms with Crippen LogP contribution in [0.2, 0.25) is 0 Å². The fraction of sp³-hybridized carbons (Fsp3) is 0.467. The van der Waals surface area contributed by atoms with Gasteiger partial charge in [-0.15, -0.1) is 0 Å². The largest absolute Gasteiger partial charge is 0.497 e. The van der Waals surface area contributed by atoms with E-state index in [2.05, 4.69) is 34.1 Å². The van der Waals surface area contributed by atoms with Crippen LogP contribution in [-0.2, 0) is 11.2 Å². The summed E-state index contributed by atoms with van der Waals surface area (Å²) in [7, 11) is 5.46. The lowest BCUT2D eigenvalue weighted by molar-refractivity contribution is -0.153. The fourth-order valence-electron chi connectivity index (χ4n) is 5.50. The summed E-state index contributed by atoms with van der Waals surface area (Å²) in [5.41, 5.74) is 2.90. The lowest BCUT2D eigenvalue weighted by Gasteiger charge is -2.39. The van der Waals surface area contributed by atoms with Gasteiger partial charge in [0.05, 0.1) is 36.0 Å². The van der Waals surface area contributed by atoms with Gasteiger partial charge in [-0.05, 0) is 81.9 Å². The Balaban J connectivity index is 1.43. The quantitative estimate of drug-likeness (QED) is 0.382. The van der Waals surface area contributed by atoms with Crippen molar-refractivity contribution in [2.45, 2.75) is 44.6 Å². The predicted octanol–water partition coefficient (Wildman–Crippen LogP) is 4.92. The number of fused-ring (bicyclic) bond motifs is 1. The van der Waals surface area contributed by atoms with Gasteiger partial charge in [-0.1, -0.05) is 30.3 Å². The maximum atomic E-state index is 12.5. The number of hydrogen-bond acceptors (Lipinski definition) is 6. The van der Waals surface area contributed by atoms with Crippen molar-refractivity contribution in [2.75, 3.05) is 45.7 Å². The smallest absolute Gasteiger partial charge is 0.309 e. The minimum Gasteiger partial charge on any atom is -0.497 e. The lowest BCUT2D eigenvalue weighted by atomic mass is 9.74. The summed E-state index contributed by atoms with van der Waals surface area (Å²) in [6, 6.07) is 16.1. The second kappa shape index (κ2) is 11.9. The van der Waals surface area contributed by atoms with Gasteiger partial charge >= 0.3 is 5.97 Å². The van der Waals surface area contributed by atoms with E-state index in [1.165, 1.54) is 5.56 Å². The Bertz CT molecular complexity index is 1190. The Labute approximate surface area is 219 Å². The number of rotatable bonds is 11. The van der Waals surface area contributed by atoms with Gasteiger partial charge in [0.1, 0.15) is 5.75 Å². The van der Waals surface area contributed by atoms with Crippen LogP contribution >= 0.6 is 0 Å². The normalized spacial score (nSPS) is 16.4. The topological polar surface area (TPSA) is 86.1 Å². The van der Waals surface area contributed by atoms with Gasteiger partial charge in [-0.3, -0.25) is 9.78 Å². The molecule has 2 N–H and O–H groups in total. The van der Waals surface area contributed by atoms with E-state index in [1.807, 2.05) is 43.3 Å². The molecule has 198 valence electrons. The number of benzene rings is 2. The first-order valence-electron chi connectivity index (χ1n) is 13.1. The number of pyridine rings is 1. The first-order chi connectivity index (χ1) is 17.8. The lowest BCUT2D eigenvalue weighted by Crippen LogP contribution is -2.44. The van der Waals surface area contributed by atoms with E-state index in [4.69, 9.17) is 4.74 Å². The zero-order valence-corrected chi connectivity index (χ0v) is 22.2. The van der Waals surface area contributed by atoms with Gasteiger partial charge in [-0.2, -0.15) is 0 Å². The molecule has 0 spiro atoms. The highest BCUT2D eigenvalue weighted by atomic mass is 16.5. The summed E-state index contributed by atoms with van der Waals surface area (Å²) in [4.78, 5) is 21.3. The molecule has 1 unspecified atom stereocenters. The van der Waals surface area contributed by atoms with Crippen LogP contribution in [0.5, 0.6) is 5.75 Å². The summed E-state index contributed by atoms with van der Waals surface area (Å²) in [5, 5.41) is 22.5. The number of carbonyl (C=O) groups is 1. The Hall–Kier alpha value is -3.16. The van der Waals surface area contributed by atoms with E-state index in [0.29, 0.717) is 31.4 Å². The molecule has 0 bridgehead atoms. The Morgan fingerprint density at radius 3 is 2.54 bits per heavy atom. The second-order valence-corrected chi connectivity index (χ2v) is 10.4. The standard InChI is InChI=1S/C30H39N3O4/c1-32(2)26-21-31-25-12-11-23(37-3)20-24(25)28(26)27(34)13-14-30(29(35)36)15-18-33(19-16-30)17-7-10-22-8-5-4-6-9-22/h4-6,8-9,11-12,20-21,27,34H,7,10,13-19H2,1-3H3,(H,35,36). The number of methoxy groups -OCH3 is 1. The Kier molecular flexibility index (Phi) is 8.67. The van der Waals surface area contributed by atoms with E-state index in [-0.39, 0.29) is 0 Å². The number of aromatic nitrogens is 1. The van der Waals surface area contributed by atoms with Gasteiger partial charge in [0.15, 0.2) is 0 Å². The van der Waals surface area contributed by atoms with Crippen molar-refractivity contribution in [1.82, 2.24) is 9.88 Å². The summed E-state index contributed by atoms with van der Waals surface area (Å²) >= 11 is 0. The number of nitrogens with zero attached hydrogens (tertiary/aromatic N) is 3. The molecule has 1 aliphatic rings. The van der Waals surface area contributed by atoms with Crippen LogP contribution < -0.4 is 9.64 Å². The van der Waals surface area contributed by atoms with Crippen molar-refractivity contribution in [2.24, 2.45) is 5.41 Å². The first kappa shape index (κ1) is 26.9. The number of carboxylic acids is 1. The van der Waals surface area contributed by atoms with Crippen molar-refractivity contribution in [1.29, 1.82) is 0 Å². The summed E-state index contributed by atoms with van der Waals surface area (Å²) in [5.74, 6) is -0.0574. The molecule has 0 saturated carbocycles. The highest BCUT2D eigenvalue weighted by Crippen LogP contribution is 2.41. The molecule has 1 fully saturated rings. The van der Waals surface area contributed by atoms with Gasteiger partial charge in [-0.25, -0.2) is 0 Å². The van der Waals surface area contributed by atoms with Gasteiger partial charge in [0, 0.05) is 25.0 Å². The minimum absolute atomic E-state index is 0.372. The van der Waals surface area contributed by atoms with Crippen LogP contribution in [0.15, 0.2) is 54.7 Å². The third-order valence-corrected chi connectivity index (χ3v) is 7.86. The molecule has 1 aliphatic heterocycles. The van der Waals surface area contributed by atoms with Crippen molar-refractivity contribution in [3.05, 3.63) is 65.9 Å². The zero-order valence-electron chi connectivity index (χ0n) is 22.2. The predicted molar refractivity (Wildman–Crippen MR) is 147 cm³/mol. The summed E-state index contributed by atoms with van der Waals surface area (Å²) < 4.78 is 5.42. The van der Waals surface area contributed by atoms with Crippen molar-refractivity contribution in [3.8, 4) is 5.75 Å².